The molecule has 32 heavy (non-hydrogen) atoms. The van der Waals surface area contributed by atoms with E-state index in [9.17, 15) is 9.59 Å². The van der Waals surface area contributed by atoms with Gasteiger partial charge in [-0.15, -0.1) is 0 Å². The number of aromatic nitrogens is 2. The van der Waals surface area contributed by atoms with Gasteiger partial charge in [0.25, 0.3) is 5.91 Å². The maximum atomic E-state index is 13.0. The molecule has 1 aliphatic heterocycles. The van der Waals surface area contributed by atoms with Crippen LogP contribution in [-0.2, 0) is 11.2 Å². The van der Waals surface area contributed by atoms with Gasteiger partial charge in [0.2, 0.25) is 5.91 Å². The molecule has 0 saturated carbocycles. The van der Waals surface area contributed by atoms with E-state index < -0.39 is 0 Å². The number of hydrogen-bond acceptors (Lipinski definition) is 5. The molecule has 0 unspecified atom stereocenters. The normalized spacial score (nSPS) is 14.3. The molecule has 2 amide bonds. The minimum absolute atomic E-state index is 0.0128. The third kappa shape index (κ3) is 4.69. The lowest BCUT2D eigenvalue weighted by atomic mass is 10.1. The molecule has 168 valence electrons. The topological polar surface area (TPSA) is 87.8 Å². The van der Waals surface area contributed by atoms with Gasteiger partial charge in [0.05, 0.1) is 31.6 Å². The predicted molar refractivity (Wildman–Crippen MR) is 121 cm³/mol. The van der Waals surface area contributed by atoms with Gasteiger partial charge in [-0.1, -0.05) is 6.07 Å². The second-order valence-electron chi connectivity index (χ2n) is 7.85. The average molecular weight is 437 g/mol. The number of benzene rings is 2. The Morgan fingerprint density at radius 3 is 2.56 bits per heavy atom. The van der Waals surface area contributed by atoms with E-state index in [2.05, 4.69) is 9.97 Å². The van der Waals surface area contributed by atoms with Gasteiger partial charge in [0.15, 0.2) is 11.5 Å². The number of ether oxygens (including phenoxy) is 2. The molecule has 8 nitrogen and oxygen atoms in total. The molecule has 8 heteroatoms. The highest BCUT2D eigenvalue weighted by Crippen LogP contribution is 2.28. The molecular weight excluding hydrogens is 408 g/mol. The number of H-pyrrole nitrogens is 1. The Hall–Kier alpha value is -3.55. The number of nitrogens with zero attached hydrogens (tertiary/aromatic N) is 3. The molecule has 0 bridgehead atoms. The largest absolute Gasteiger partial charge is 0.493 e. The lowest BCUT2D eigenvalue weighted by Gasteiger charge is -2.22. The molecule has 1 fully saturated rings. The van der Waals surface area contributed by atoms with E-state index in [4.69, 9.17) is 9.47 Å². The zero-order valence-electron chi connectivity index (χ0n) is 18.5. The first-order valence-corrected chi connectivity index (χ1v) is 10.8. The van der Waals surface area contributed by atoms with Crippen molar-refractivity contribution in [3.05, 3.63) is 53.9 Å². The molecule has 2 heterocycles. The summed E-state index contributed by atoms with van der Waals surface area (Å²) < 4.78 is 10.6. The lowest BCUT2D eigenvalue weighted by Crippen LogP contribution is -2.37. The van der Waals surface area contributed by atoms with Crippen molar-refractivity contribution in [3.63, 3.8) is 0 Å². The van der Waals surface area contributed by atoms with Crippen molar-refractivity contribution < 1.29 is 19.1 Å². The van der Waals surface area contributed by atoms with Crippen molar-refractivity contribution in [1.82, 2.24) is 19.8 Å². The number of methoxy groups -OCH3 is 2. The monoisotopic (exact) mass is 436 g/mol. The predicted octanol–water partition coefficient (Wildman–Crippen LogP) is 2.89. The zero-order valence-corrected chi connectivity index (χ0v) is 18.5. The number of fused-ring (bicyclic) bond motifs is 1. The Balaban J connectivity index is 1.33. The fourth-order valence-electron chi connectivity index (χ4n) is 4.07. The van der Waals surface area contributed by atoms with Gasteiger partial charge >= 0.3 is 0 Å². The van der Waals surface area contributed by atoms with E-state index in [0.717, 1.165) is 23.0 Å². The van der Waals surface area contributed by atoms with Crippen LogP contribution in [0.4, 0.5) is 0 Å². The fraction of sp³-hybridized carbons (Fsp3) is 0.375. The smallest absolute Gasteiger partial charge is 0.253 e. The Bertz CT molecular complexity index is 1110. The summed E-state index contributed by atoms with van der Waals surface area (Å²) in [6.07, 6.45) is 3.43. The highest BCUT2D eigenvalue weighted by molar-refractivity contribution is 5.97. The zero-order chi connectivity index (χ0) is 22.5. The van der Waals surface area contributed by atoms with Gasteiger partial charge in [-0.3, -0.25) is 9.59 Å². The summed E-state index contributed by atoms with van der Waals surface area (Å²) in [7, 11) is 3.20. The number of carbonyl (C=O) groups is 2. The molecule has 0 aliphatic carbocycles. The van der Waals surface area contributed by atoms with Gasteiger partial charge in [0.1, 0.15) is 0 Å². The van der Waals surface area contributed by atoms with E-state index in [0.29, 0.717) is 56.1 Å². The first-order chi connectivity index (χ1) is 15.6. The Labute approximate surface area is 187 Å². The van der Waals surface area contributed by atoms with Crippen LogP contribution in [0.3, 0.4) is 0 Å². The maximum Gasteiger partial charge on any atom is 0.253 e. The number of rotatable bonds is 6. The number of carbonyl (C=O) groups excluding carboxylic acids is 2. The van der Waals surface area contributed by atoms with Crippen LogP contribution in [0, 0.1) is 0 Å². The van der Waals surface area contributed by atoms with Crippen molar-refractivity contribution in [1.29, 1.82) is 0 Å². The average Bonchev–Trinajstić information content (AvgIpc) is 3.16. The summed E-state index contributed by atoms with van der Waals surface area (Å²) in [6.45, 7) is 2.37. The SMILES string of the molecule is COc1ccc(CCC(=O)N2CCCN(C(=O)c3ccc4nc[nH]c4c3)CC2)cc1OC. The fourth-order valence-corrected chi connectivity index (χ4v) is 4.07. The summed E-state index contributed by atoms with van der Waals surface area (Å²) in [4.78, 5) is 36.7. The summed E-state index contributed by atoms with van der Waals surface area (Å²) in [6, 6.07) is 11.2. The molecule has 1 saturated heterocycles. The van der Waals surface area contributed by atoms with Crippen molar-refractivity contribution in [2.24, 2.45) is 0 Å². The highest BCUT2D eigenvalue weighted by atomic mass is 16.5. The van der Waals surface area contributed by atoms with E-state index in [1.165, 1.54) is 0 Å². The van der Waals surface area contributed by atoms with Gasteiger partial charge < -0.3 is 24.3 Å². The van der Waals surface area contributed by atoms with Crippen LogP contribution in [0.5, 0.6) is 11.5 Å². The molecule has 4 rings (SSSR count). The number of amides is 2. The second-order valence-corrected chi connectivity index (χ2v) is 7.85. The van der Waals surface area contributed by atoms with Gasteiger partial charge in [-0.2, -0.15) is 0 Å². The first-order valence-electron chi connectivity index (χ1n) is 10.8. The molecule has 1 aliphatic rings. The summed E-state index contributed by atoms with van der Waals surface area (Å²) in [5.74, 6) is 1.43. The van der Waals surface area contributed by atoms with Crippen LogP contribution in [0.1, 0.15) is 28.8 Å². The number of aryl methyl sites for hydroxylation is 1. The standard InChI is InChI=1S/C24H28N4O4/c1-31-21-8-4-17(14-22(21)32-2)5-9-23(29)27-10-3-11-28(13-12-27)24(30)18-6-7-19-20(15-18)26-16-25-19/h4,6-8,14-16H,3,5,9-13H2,1-2H3,(H,25,26). The number of nitrogens with one attached hydrogen (secondary N) is 1. The maximum absolute atomic E-state index is 13.0. The van der Waals surface area contributed by atoms with E-state index in [1.807, 2.05) is 46.2 Å². The minimum Gasteiger partial charge on any atom is -0.493 e. The van der Waals surface area contributed by atoms with Gasteiger partial charge in [-0.05, 0) is 48.7 Å². The van der Waals surface area contributed by atoms with Crippen LogP contribution >= 0.6 is 0 Å². The molecule has 3 aromatic rings. The third-order valence-corrected chi connectivity index (χ3v) is 5.88. The number of imidazole rings is 1. The van der Waals surface area contributed by atoms with Gasteiger partial charge in [-0.25, -0.2) is 4.98 Å². The molecule has 1 aromatic heterocycles. The minimum atomic E-state index is -0.0128. The van der Waals surface area contributed by atoms with E-state index in [1.54, 1.807) is 20.5 Å². The summed E-state index contributed by atoms with van der Waals surface area (Å²) in [5, 5.41) is 0. The van der Waals surface area contributed by atoms with Crippen LogP contribution in [0.15, 0.2) is 42.7 Å². The highest BCUT2D eigenvalue weighted by Gasteiger charge is 2.23. The summed E-state index contributed by atoms with van der Waals surface area (Å²) in [5.41, 5.74) is 3.34. The Kier molecular flexibility index (Phi) is 6.58. The Morgan fingerprint density at radius 2 is 1.75 bits per heavy atom. The van der Waals surface area contributed by atoms with E-state index in [-0.39, 0.29) is 11.8 Å². The van der Waals surface area contributed by atoms with Crippen LogP contribution in [0.2, 0.25) is 0 Å². The van der Waals surface area contributed by atoms with Crippen LogP contribution in [0.25, 0.3) is 11.0 Å². The molecule has 2 aromatic carbocycles. The van der Waals surface area contributed by atoms with Crippen molar-refractivity contribution in [2.75, 3.05) is 40.4 Å². The number of aromatic amines is 1. The van der Waals surface area contributed by atoms with Crippen LogP contribution in [-0.4, -0.2) is 72.0 Å². The van der Waals surface area contributed by atoms with Crippen LogP contribution < -0.4 is 9.47 Å². The summed E-state index contributed by atoms with van der Waals surface area (Å²) >= 11 is 0. The molecule has 0 radical (unpaired) electrons. The third-order valence-electron chi connectivity index (χ3n) is 5.88. The van der Waals surface area contributed by atoms with Gasteiger partial charge in [0, 0.05) is 38.2 Å². The molecule has 0 atom stereocenters. The Morgan fingerprint density at radius 1 is 0.969 bits per heavy atom. The molecule has 1 N–H and O–H groups in total. The first kappa shape index (κ1) is 21.7. The number of hydrogen-bond donors (Lipinski definition) is 1. The molecular formula is C24H28N4O4. The van der Waals surface area contributed by atoms with Crippen molar-refractivity contribution in [2.45, 2.75) is 19.3 Å². The lowest BCUT2D eigenvalue weighted by molar-refractivity contribution is -0.131. The molecule has 0 spiro atoms. The van der Waals surface area contributed by atoms with Crippen molar-refractivity contribution in [3.8, 4) is 11.5 Å². The second kappa shape index (κ2) is 9.72. The van der Waals surface area contributed by atoms with Crippen molar-refractivity contribution >= 4 is 22.8 Å². The quantitative estimate of drug-likeness (QED) is 0.642. The van der Waals surface area contributed by atoms with E-state index >= 15 is 0 Å².